The first-order chi connectivity index (χ1) is 10.3. The third-order valence-electron chi connectivity index (χ3n) is 4.70. The van der Waals surface area contributed by atoms with Crippen LogP contribution < -0.4 is 5.73 Å². The van der Waals surface area contributed by atoms with E-state index < -0.39 is 0 Å². The van der Waals surface area contributed by atoms with Crippen molar-refractivity contribution in [3.05, 3.63) is 42.1 Å². The zero-order valence-electron chi connectivity index (χ0n) is 12.7. The quantitative estimate of drug-likeness (QED) is 0.924. The Kier molecular flexibility index (Phi) is 4.22. The smallest absolute Gasteiger partial charge is 0.0874 e. The molecule has 0 bridgehead atoms. The van der Waals surface area contributed by atoms with Crippen LogP contribution in [-0.4, -0.2) is 17.2 Å². The summed E-state index contributed by atoms with van der Waals surface area (Å²) in [5.74, 6) is 0. The summed E-state index contributed by atoms with van der Waals surface area (Å²) >= 11 is 0. The minimum Gasteiger partial charge on any atom is -0.373 e. The highest BCUT2D eigenvalue weighted by Gasteiger charge is 2.40. The fourth-order valence-corrected chi connectivity index (χ4v) is 3.64. The van der Waals surface area contributed by atoms with Crippen molar-refractivity contribution in [2.45, 2.75) is 50.7 Å². The van der Waals surface area contributed by atoms with Gasteiger partial charge in [0.1, 0.15) is 0 Å². The van der Waals surface area contributed by atoms with Gasteiger partial charge >= 0.3 is 0 Å². The van der Waals surface area contributed by atoms with E-state index in [2.05, 4.69) is 36.2 Å². The minimum atomic E-state index is -0.223. The van der Waals surface area contributed by atoms with Gasteiger partial charge in [0.25, 0.3) is 0 Å². The van der Waals surface area contributed by atoms with E-state index in [1.807, 2.05) is 12.3 Å². The minimum absolute atomic E-state index is 0.114. The molecule has 0 aliphatic heterocycles. The molecule has 1 aromatic carbocycles. The van der Waals surface area contributed by atoms with Gasteiger partial charge in [-0.3, -0.25) is 4.98 Å². The average molecular weight is 284 g/mol. The van der Waals surface area contributed by atoms with E-state index >= 15 is 0 Å². The Balaban J connectivity index is 2.03. The Labute approximate surface area is 126 Å². The standard InChI is InChI=1S/C18H24N2O/c1-2-21-18(11-4-3-5-12-18)17(19)15-10-6-8-14-9-7-13-20-16(14)15/h6-10,13,17H,2-5,11-12,19H2,1H3. The second-order valence-corrected chi connectivity index (χ2v) is 5.96. The van der Waals surface area contributed by atoms with E-state index in [0.717, 1.165) is 29.3 Å². The predicted molar refractivity (Wildman–Crippen MR) is 86.1 cm³/mol. The van der Waals surface area contributed by atoms with Crippen LogP contribution in [0.25, 0.3) is 10.9 Å². The molecule has 1 fully saturated rings. The highest BCUT2D eigenvalue weighted by Crippen LogP contribution is 2.41. The van der Waals surface area contributed by atoms with Crippen molar-refractivity contribution >= 4 is 10.9 Å². The maximum atomic E-state index is 6.69. The summed E-state index contributed by atoms with van der Waals surface area (Å²) < 4.78 is 6.18. The summed E-state index contributed by atoms with van der Waals surface area (Å²) in [6.45, 7) is 2.77. The van der Waals surface area contributed by atoms with Crippen LogP contribution in [0.2, 0.25) is 0 Å². The topological polar surface area (TPSA) is 48.1 Å². The monoisotopic (exact) mass is 284 g/mol. The zero-order valence-corrected chi connectivity index (χ0v) is 12.7. The number of hydrogen-bond acceptors (Lipinski definition) is 3. The fraction of sp³-hybridized carbons (Fsp3) is 0.500. The third kappa shape index (κ3) is 2.68. The van der Waals surface area contributed by atoms with Crippen LogP contribution in [-0.2, 0) is 4.74 Å². The number of nitrogens with zero attached hydrogens (tertiary/aromatic N) is 1. The van der Waals surface area contributed by atoms with Crippen LogP contribution in [0, 0.1) is 0 Å². The number of fused-ring (bicyclic) bond motifs is 1. The third-order valence-corrected chi connectivity index (χ3v) is 4.70. The molecule has 3 nitrogen and oxygen atoms in total. The fourth-order valence-electron chi connectivity index (χ4n) is 3.64. The lowest BCUT2D eigenvalue weighted by molar-refractivity contribution is -0.0828. The number of rotatable bonds is 4. The highest BCUT2D eigenvalue weighted by molar-refractivity contribution is 5.82. The molecule has 1 heterocycles. The molecule has 1 aliphatic rings. The number of nitrogens with two attached hydrogens (primary N) is 1. The van der Waals surface area contributed by atoms with Crippen LogP contribution in [0.3, 0.4) is 0 Å². The molecule has 2 N–H and O–H groups in total. The molecular weight excluding hydrogens is 260 g/mol. The second-order valence-electron chi connectivity index (χ2n) is 5.96. The molecule has 1 atom stereocenters. The van der Waals surface area contributed by atoms with E-state index in [1.165, 1.54) is 19.3 Å². The molecule has 3 rings (SSSR count). The van der Waals surface area contributed by atoms with E-state index in [0.29, 0.717) is 6.61 Å². The summed E-state index contributed by atoms with van der Waals surface area (Å²) in [5.41, 5.74) is 8.59. The summed E-state index contributed by atoms with van der Waals surface area (Å²) in [4.78, 5) is 4.55. The number of ether oxygens (including phenoxy) is 1. The van der Waals surface area contributed by atoms with E-state index in [9.17, 15) is 0 Å². The van der Waals surface area contributed by atoms with Crippen LogP contribution in [0.1, 0.15) is 50.6 Å². The van der Waals surface area contributed by atoms with Crippen molar-refractivity contribution in [2.75, 3.05) is 6.61 Å². The summed E-state index contributed by atoms with van der Waals surface area (Å²) in [5, 5.41) is 1.15. The predicted octanol–water partition coefficient (Wildman–Crippen LogP) is 3.97. The van der Waals surface area contributed by atoms with E-state index in [4.69, 9.17) is 10.5 Å². The maximum absolute atomic E-state index is 6.69. The van der Waals surface area contributed by atoms with Crippen molar-refractivity contribution in [2.24, 2.45) is 5.73 Å². The van der Waals surface area contributed by atoms with Crippen LogP contribution >= 0.6 is 0 Å². The Morgan fingerprint density at radius 1 is 1.19 bits per heavy atom. The number of hydrogen-bond donors (Lipinski definition) is 1. The second kappa shape index (κ2) is 6.12. The average Bonchev–Trinajstić information content (AvgIpc) is 2.55. The Morgan fingerprint density at radius 3 is 2.71 bits per heavy atom. The van der Waals surface area contributed by atoms with Gasteiger partial charge in [0, 0.05) is 18.2 Å². The van der Waals surface area contributed by atoms with Crippen molar-refractivity contribution in [3.63, 3.8) is 0 Å². The SMILES string of the molecule is CCOC1(C(N)c2cccc3cccnc23)CCCCC1. The summed E-state index contributed by atoms with van der Waals surface area (Å²) in [7, 11) is 0. The van der Waals surface area contributed by atoms with Gasteiger partial charge in [-0.1, -0.05) is 43.5 Å². The first kappa shape index (κ1) is 14.5. The molecular formula is C18H24N2O. The Bertz CT molecular complexity index is 594. The molecule has 0 amide bonds. The van der Waals surface area contributed by atoms with Gasteiger partial charge in [0.15, 0.2) is 0 Å². The molecule has 2 aromatic rings. The molecule has 1 saturated carbocycles. The molecule has 0 radical (unpaired) electrons. The van der Waals surface area contributed by atoms with Crippen LogP contribution in [0.15, 0.2) is 36.5 Å². The van der Waals surface area contributed by atoms with Crippen molar-refractivity contribution < 1.29 is 4.74 Å². The van der Waals surface area contributed by atoms with Crippen LogP contribution in [0.4, 0.5) is 0 Å². The lowest BCUT2D eigenvalue weighted by atomic mass is 9.76. The number of pyridine rings is 1. The van der Waals surface area contributed by atoms with Gasteiger partial charge in [-0.2, -0.15) is 0 Å². The Hall–Kier alpha value is -1.45. The van der Waals surface area contributed by atoms with Crippen molar-refractivity contribution in [1.82, 2.24) is 4.98 Å². The van der Waals surface area contributed by atoms with Crippen molar-refractivity contribution in [1.29, 1.82) is 0 Å². The lowest BCUT2D eigenvalue weighted by Gasteiger charge is -2.42. The molecule has 1 unspecified atom stereocenters. The first-order valence-corrected chi connectivity index (χ1v) is 8.00. The van der Waals surface area contributed by atoms with Gasteiger partial charge in [0.2, 0.25) is 0 Å². The number of para-hydroxylation sites is 1. The lowest BCUT2D eigenvalue weighted by Crippen LogP contribution is -2.45. The van der Waals surface area contributed by atoms with Gasteiger partial charge in [-0.25, -0.2) is 0 Å². The van der Waals surface area contributed by atoms with Crippen molar-refractivity contribution in [3.8, 4) is 0 Å². The summed E-state index contributed by atoms with van der Waals surface area (Å²) in [6.07, 6.45) is 7.62. The van der Waals surface area contributed by atoms with Gasteiger partial charge in [-0.05, 0) is 31.4 Å². The molecule has 1 aliphatic carbocycles. The highest BCUT2D eigenvalue weighted by atomic mass is 16.5. The maximum Gasteiger partial charge on any atom is 0.0874 e. The molecule has 0 saturated heterocycles. The first-order valence-electron chi connectivity index (χ1n) is 8.00. The molecule has 1 aromatic heterocycles. The molecule has 21 heavy (non-hydrogen) atoms. The zero-order chi connectivity index (χ0) is 14.7. The number of aromatic nitrogens is 1. The molecule has 3 heteroatoms. The van der Waals surface area contributed by atoms with Gasteiger partial charge < -0.3 is 10.5 Å². The molecule has 0 spiro atoms. The van der Waals surface area contributed by atoms with Crippen LogP contribution in [0.5, 0.6) is 0 Å². The number of benzene rings is 1. The summed E-state index contributed by atoms with van der Waals surface area (Å²) in [6, 6.07) is 10.2. The van der Waals surface area contributed by atoms with E-state index in [-0.39, 0.29) is 11.6 Å². The van der Waals surface area contributed by atoms with Gasteiger partial charge in [0.05, 0.1) is 17.2 Å². The van der Waals surface area contributed by atoms with Gasteiger partial charge in [-0.15, -0.1) is 0 Å². The normalized spacial score (nSPS) is 19.5. The Morgan fingerprint density at radius 2 is 1.95 bits per heavy atom. The largest absolute Gasteiger partial charge is 0.373 e. The van der Waals surface area contributed by atoms with E-state index in [1.54, 1.807) is 0 Å². The molecule has 112 valence electrons.